The van der Waals surface area contributed by atoms with Crippen LogP contribution in [-0.4, -0.2) is 16.3 Å². The molecule has 1 heterocycles. The summed E-state index contributed by atoms with van der Waals surface area (Å²) in [6, 6.07) is 0. The minimum atomic E-state index is 0.372. The van der Waals surface area contributed by atoms with Gasteiger partial charge < -0.3 is 11.1 Å². The molecule has 0 saturated heterocycles. The second-order valence-corrected chi connectivity index (χ2v) is 6.03. The highest BCUT2D eigenvalue weighted by molar-refractivity contribution is 5.65. The average Bonchev–Trinajstić information content (AvgIpc) is 2.99. The lowest BCUT2D eigenvalue weighted by Gasteiger charge is -2.16. The first-order valence-electron chi connectivity index (χ1n) is 7.05. The zero-order valence-corrected chi connectivity index (χ0v) is 12.1. The SMILES string of the molecule is CCCC1(CNc2c(N)c(C(C)C)nn2C)CC1. The van der Waals surface area contributed by atoms with Crippen molar-refractivity contribution in [3.05, 3.63) is 5.69 Å². The third-order valence-electron chi connectivity index (χ3n) is 4.03. The summed E-state index contributed by atoms with van der Waals surface area (Å²) in [5, 5.41) is 8.03. The molecule has 1 fully saturated rings. The van der Waals surface area contributed by atoms with Gasteiger partial charge in [-0.05, 0) is 30.6 Å². The molecule has 18 heavy (non-hydrogen) atoms. The van der Waals surface area contributed by atoms with E-state index in [1.165, 1.54) is 25.7 Å². The second kappa shape index (κ2) is 4.82. The van der Waals surface area contributed by atoms with Gasteiger partial charge in [0.05, 0.1) is 11.4 Å². The quantitative estimate of drug-likeness (QED) is 0.815. The smallest absolute Gasteiger partial charge is 0.147 e. The molecule has 0 aromatic carbocycles. The predicted octanol–water partition coefficient (Wildman–Crippen LogP) is 3.12. The van der Waals surface area contributed by atoms with E-state index in [2.05, 4.69) is 31.2 Å². The zero-order chi connectivity index (χ0) is 13.3. The van der Waals surface area contributed by atoms with Gasteiger partial charge in [-0.15, -0.1) is 0 Å². The summed E-state index contributed by atoms with van der Waals surface area (Å²) in [6.45, 7) is 7.54. The number of aryl methyl sites for hydroxylation is 1. The number of nitrogens with one attached hydrogen (secondary N) is 1. The number of nitrogen functional groups attached to an aromatic ring is 1. The van der Waals surface area contributed by atoms with Crippen molar-refractivity contribution in [1.29, 1.82) is 0 Å². The summed E-state index contributed by atoms with van der Waals surface area (Å²) in [5.74, 6) is 1.36. The highest BCUT2D eigenvalue weighted by Gasteiger charge is 2.41. The molecule has 0 spiro atoms. The van der Waals surface area contributed by atoms with E-state index >= 15 is 0 Å². The van der Waals surface area contributed by atoms with Gasteiger partial charge in [-0.1, -0.05) is 27.2 Å². The van der Waals surface area contributed by atoms with E-state index in [1.807, 2.05) is 11.7 Å². The Labute approximate surface area is 110 Å². The molecule has 0 atom stereocenters. The first-order valence-corrected chi connectivity index (χ1v) is 7.05. The Morgan fingerprint density at radius 2 is 2.11 bits per heavy atom. The van der Waals surface area contributed by atoms with E-state index in [9.17, 15) is 0 Å². The van der Waals surface area contributed by atoms with Crippen molar-refractivity contribution in [2.24, 2.45) is 12.5 Å². The number of nitrogens with zero attached hydrogens (tertiary/aromatic N) is 2. The van der Waals surface area contributed by atoms with Gasteiger partial charge in [-0.25, -0.2) is 0 Å². The van der Waals surface area contributed by atoms with Crippen LogP contribution in [0.25, 0.3) is 0 Å². The Hall–Kier alpha value is -1.19. The summed E-state index contributed by atoms with van der Waals surface area (Å²) < 4.78 is 1.88. The van der Waals surface area contributed by atoms with Crippen molar-refractivity contribution in [3.63, 3.8) is 0 Å². The molecule has 102 valence electrons. The molecule has 2 rings (SSSR count). The lowest BCUT2D eigenvalue weighted by molar-refractivity contribution is 0.484. The molecule has 0 bridgehead atoms. The zero-order valence-electron chi connectivity index (χ0n) is 12.1. The van der Waals surface area contributed by atoms with Crippen LogP contribution in [-0.2, 0) is 7.05 Å². The predicted molar refractivity (Wildman–Crippen MR) is 76.8 cm³/mol. The molecule has 4 nitrogen and oxygen atoms in total. The first kappa shape index (κ1) is 13.2. The van der Waals surface area contributed by atoms with Crippen molar-refractivity contribution >= 4 is 11.5 Å². The van der Waals surface area contributed by atoms with Gasteiger partial charge in [0.15, 0.2) is 0 Å². The number of rotatable bonds is 6. The van der Waals surface area contributed by atoms with Crippen LogP contribution in [0.15, 0.2) is 0 Å². The molecule has 1 saturated carbocycles. The van der Waals surface area contributed by atoms with E-state index in [0.29, 0.717) is 11.3 Å². The van der Waals surface area contributed by atoms with Gasteiger partial charge in [0.2, 0.25) is 0 Å². The molecule has 0 radical (unpaired) electrons. The van der Waals surface area contributed by atoms with Gasteiger partial charge >= 0.3 is 0 Å². The molecule has 4 heteroatoms. The molecule has 1 aliphatic carbocycles. The van der Waals surface area contributed by atoms with Crippen LogP contribution in [0.1, 0.15) is 58.1 Å². The van der Waals surface area contributed by atoms with Crippen LogP contribution in [0.2, 0.25) is 0 Å². The summed E-state index contributed by atoms with van der Waals surface area (Å²) in [7, 11) is 1.96. The van der Waals surface area contributed by atoms with Gasteiger partial charge in [-0.3, -0.25) is 4.68 Å². The second-order valence-electron chi connectivity index (χ2n) is 6.03. The molecule has 1 aromatic heterocycles. The van der Waals surface area contributed by atoms with Crippen molar-refractivity contribution in [1.82, 2.24) is 9.78 Å². The van der Waals surface area contributed by atoms with Gasteiger partial charge in [0.1, 0.15) is 5.82 Å². The average molecular weight is 250 g/mol. The first-order chi connectivity index (χ1) is 8.49. The molecule has 1 aromatic rings. The Morgan fingerprint density at radius 1 is 1.44 bits per heavy atom. The Balaban J connectivity index is 2.06. The summed E-state index contributed by atoms with van der Waals surface area (Å²) in [6.07, 6.45) is 5.28. The number of aromatic nitrogens is 2. The lowest BCUT2D eigenvalue weighted by Crippen LogP contribution is -2.17. The van der Waals surface area contributed by atoms with Crippen LogP contribution >= 0.6 is 0 Å². The molecule has 0 unspecified atom stereocenters. The topological polar surface area (TPSA) is 55.9 Å². The maximum Gasteiger partial charge on any atom is 0.147 e. The van der Waals surface area contributed by atoms with Gasteiger partial charge in [0.25, 0.3) is 0 Å². The Kier molecular flexibility index (Phi) is 3.55. The van der Waals surface area contributed by atoms with Crippen molar-refractivity contribution in [3.8, 4) is 0 Å². The molecule has 1 aliphatic rings. The van der Waals surface area contributed by atoms with E-state index in [1.54, 1.807) is 0 Å². The number of hydrogen-bond acceptors (Lipinski definition) is 3. The molecular formula is C14H26N4. The molecule has 3 N–H and O–H groups in total. The van der Waals surface area contributed by atoms with Gasteiger partial charge in [-0.2, -0.15) is 5.10 Å². The van der Waals surface area contributed by atoms with Crippen LogP contribution in [0, 0.1) is 5.41 Å². The van der Waals surface area contributed by atoms with Crippen LogP contribution < -0.4 is 11.1 Å². The van der Waals surface area contributed by atoms with E-state index in [0.717, 1.165) is 23.7 Å². The van der Waals surface area contributed by atoms with E-state index < -0.39 is 0 Å². The fourth-order valence-electron chi connectivity index (χ4n) is 2.69. The normalized spacial score (nSPS) is 17.2. The minimum absolute atomic E-state index is 0.372. The molecule has 0 aliphatic heterocycles. The van der Waals surface area contributed by atoms with Gasteiger partial charge in [0, 0.05) is 13.6 Å². The third kappa shape index (κ3) is 2.47. The molecular weight excluding hydrogens is 224 g/mol. The largest absolute Gasteiger partial charge is 0.394 e. The van der Waals surface area contributed by atoms with E-state index in [4.69, 9.17) is 5.73 Å². The fourth-order valence-corrected chi connectivity index (χ4v) is 2.69. The number of nitrogens with two attached hydrogens (primary N) is 1. The highest BCUT2D eigenvalue weighted by atomic mass is 15.3. The van der Waals surface area contributed by atoms with Crippen LogP contribution in [0.3, 0.4) is 0 Å². The highest BCUT2D eigenvalue weighted by Crippen LogP contribution is 2.49. The summed E-state index contributed by atoms with van der Waals surface area (Å²) in [4.78, 5) is 0. The monoisotopic (exact) mass is 250 g/mol. The summed E-state index contributed by atoms with van der Waals surface area (Å²) >= 11 is 0. The Morgan fingerprint density at radius 3 is 2.56 bits per heavy atom. The fraction of sp³-hybridized carbons (Fsp3) is 0.786. The maximum atomic E-state index is 6.18. The van der Waals surface area contributed by atoms with Crippen molar-refractivity contribution < 1.29 is 0 Å². The van der Waals surface area contributed by atoms with Crippen molar-refractivity contribution in [2.75, 3.05) is 17.6 Å². The minimum Gasteiger partial charge on any atom is -0.394 e. The Bertz CT molecular complexity index is 416. The lowest BCUT2D eigenvalue weighted by atomic mass is 10.0. The van der Waals surface area contributed by atoms with Crippen LogP contribution in [0.5, 0.6) is 0 Å². The molecule has 0 amide bonds. The number of anilines is 2. The number of hydrogen-bond donors (Lipinski definition) is 2. The van der Waals surface area contributed by atoms with Crippen molar-refractivity contribution in [2.45, 2.75) is 52.4 Å². The summed E-state index contributed by atoms with van der Waals surface area (Å²) in [5.41, 5.74) is 8.53. The standard InChI is InChI=1S/C14H26N4/c1-5-6-14(7-8-14)9-16-13-11(15)12(10(2)3)17-18(13)4/h10,16H,5-9,15H2,1-4H3. The third-order valence-corrected chi connectivity index (χ3v) is 4.03. The maximum absolute atomic E-state index is 6.18. The van der Waals surface area contributed by atoms with Crippen LogP contribution in [0.4, 0.5) is 11.5 Å². The van der Waals surface area contributed by atoms with E-state index in [-0.39, 0.29) is 0 Å².